The molecule has 0 nitrogen and oxygen atoms in total. The molecule has 0 aliphatic heterocycles. The van der Waals surface area contributed by atoms with Crippen molar-refractivity contribution >= 4 is 15.9 Å². The minimum atomic E-state index is 0.632. The van der Waals surface area contributed by atoms with Gasteiger partial charge in [-0.15, -0.1) is 0 Å². The van der Waals surface area contributed by atoms with E-state index in [0.29, 0.717) is 10.7 Å². The summed E-state index contributed by atoms with van der Waals surface area (Å²) in [4.78, 5) is 0.632. The molecule has 0 aromatic heterocycles. The Morgan fingerprint density at radius 2 is 1.62 bits per heavy atom. The highest BCUT2D eigenvalue weighted by Crippen LogP contribution is 2.25. The first-order valence-electron chi connectivity index (χ1n) is 6.16. The number of rotatable bonds is 4. The molecule has 0 bridgehead atoms. The van der Waals surface area contributed by atoms with E-state index in [0.717, 1.165) is 0 Å². The van der Waals surface area contributed by atoms with Crippen LogP contribution in [0.1, 0.15) is 42.5 Å². The van der Waals surface area contributed by atoms with Crippen LogP contribution in [0.2, 0.25) is 0 Å². The molecular weight excluding hydrogens is 260 g/mol. The summed E-state index contributed by atoms with van der Waals surface area (Å²) >= 11 is 3.76. The third-order valence-electron chi connectivity index (χ3n) is 3.37. The lowest BCUT2D eigenvalue weighted by Gasteiger charge is -2.20. The molecule has 0 aliphatic rings. The van der Waals surface area contributed by atoms with Gasteiger partial charge >= 0.3 is 0 Å². The molecule has 0 saturated heterocycles. The fourth-order valence-corrected chi connectivity index (χ4v) is 2.57. The van der Waals surface area contributed by atoms with Crippen molar-refractivity contribution in [3.8, 4) is 0 Å². The van der Waals surface area contributed by atoms with Crippen LogP contribution >= 0.6 is 15.9 Å². The van der Waals surface area contributed by atoms with E-state index in [1.165, 1.54) is 35.1 Å². The van der Waals surface area contributed by atoms with Gasteiger partial charge in [-0.1, -0.05) is 47.5 Å². The number of hydrogen-bond donors (Lipinski definition) is 0. The first-order chi connectivity index (χ1) is 7.45. The average molecular weight is 283 g/mol. The first-order valence-corrected chi connectivity index (χ1v) is 7.08. The van der Waals surface area contributed by atoms with E-state index in [9.17, 15) is 0 Å². The SMILES string of the molecule is CCC(Br)C(C)Cc1c(C)cc(C)cc1C. The number of aryl methyl sites for hydroxylation is 3. The van der Waals surface area contributed by atoms with E-state index in [1.807, 2.05) is 0 Å². The maximum Gasteiger partial charge on any atom is 0.0172 e. The molecule has 0 heterocycles. The molecule has 2 unspecified atom stereocenters. The topological polar surface area (TPSA) is 0 Å². The Bertz CT molecular complexity index is 331. The van der Waals surface area contributed by atoms with Gasteiger partial charge in [0.15, 0.2) is 0 Å². The highest BCUT2D eigenvalue weighted by molar-refractivity contribution is 9.09. The Balaban J connectivity index is 2.89. The van der Waals surface area contributed by atoms with E-state index in [1.54, 1.807) is 0 Å². The Hall–Kier alpha value is -0.300. The smallest absolute Gasteiger partial charge is 0.0172 e. The molecule has 0 aliphatic carbocycles. The summed E-state index contributed by atoms with van der Waals surface area (Å²) in [5.41, 5.74) is 5.80. The molecule has 90 valence electrons. The van der Waals surface area contributed by atoms with Crippen molar-refractivity contribution < 1.29 is 0 Å². The van der Waals surface area contributed by atoms with Gasteiger partial charge in [0.2, 0.25) is 0 Å². The molecule has 2 atom stereocenters. The third-order valence-corrected chi connectivity index (χ3v) is 4.92. The predicted molar refractivity (Wildman–Crippen MR) is 76.5 cm³/mol. The van der Waals surface area contributed by atoms with Crippen molar-refractivity contribution in [1.29, 1.82) is 0 Å². The van der Waals surface area contributed by atoms with Crippen LogP contribution in [0.3, 0.4) is 0 Å². The maximum absolute atomic E-state index is 3.76. The summed E-state index contributed by atoms with van der Waals surface area (Å²) in [5, 5.41) is 0. The van der Waals surface area contributed by atoms with Crippen LogP contribution in [-0.2, 0) is 6.42 Å². The van der Waals surface area contributed by atoms with Gasteiger partial charge in [-0.2, -0.15) is 0 Å². The summed E-state index contributed by atoms with van der Waals surface area (Å²) in [6, 6.07) is 4.59. The number of benzene rings is 1. The molecule has 0 radical (unpaired) electrons. The Kier molecular flexibility index (Phi) is 5.04. The normalized spacial score (nSPS) is 14.9. The Morgan fingerprint density at radius 3 is 2.06 bits per heavy atom. The largest absolute Gasteiger partial charge is 0.0888 e. The van der Waals surface area contributed by atoms with Crippen LogP contribution in [0.15, 0.2) is 12.1 Å². The summed E-state index contributed by atoms with van der Waals surface area (Å²) in [6.45, 7) is 11.2. The monoisotopic (exact) mass is 282 g/mol. The number of alkyl halides is 1. The Labute approximate surface area is 109 Å². The van der Waals surface area contributed by atoms with E-state index >= 15 is 0 Å². The van der Waals surface area contributed by atoms with Crippen molar-refractivity contribution in [3.05, 3.63) is 34.4 Å². The highest BCUT2D eigenvalue weighted by atomic mass is 79.9. The van der Waals surface area contributed by atoms with Crippen molar-refractivity contribution in [1.82, 2.24) is 0 Å². The maximum atomic E-state index is 3.76. The van der Waals surface area contributed by atoms with Crippen LogP contribution in [0.5, 0.6) is 0 Å². The molecule has 0 amide bonds. The second-order valence-corrected chi connectivity index (χ2v) is 6.16. The zero-order valence-electron chi connectivity index (χ0n) is 11.1. The van der Waals surface area contributed by atoms with Crippen LogP contribution in [0.4, 0.5) is 0 Å². The second-order valence-electron chi connectivity index (χ2n) is 4.98. The highest BCUT2D eigenvalue weighted by Gasteiger charge is 2.15. The molecule has 0 fully saturated rings. The van der Waals surface area contributed by atoms with Crippen molar-refractivity contribution in [3.63, 3.8) is 0 Å². The summed E-state index contributed by atoms with van der Waals surface area (Å²) in [5.74, 6) is 0.699. The van der Waals surface area contributed by atoms with E-state index in [2.05, 4.69) is 62.7 Å². The first kappa shape index (κ1) is 13.8. The Morgan fingerprint density at radius 1 is 1.12 bits per heavy atom. The molecule has 1 rings (SSSR count). The molecule has 0 saturated carbocycles. The summed E-state index contributed by atoms with van der Waals surface area (Å²) in [6.07, 6.45) is 2.38. The summed E-state index contributed by atoms with van der Waals surface area (Å²) < 4.78 is 0. The zero-order chi connectivity index (χ0) is 12.3. The van der Waals surface area contributed by atoms with Gasteiger partial charge in [-0.3, -0.25) is 0 Å². The fourth-order valence-electron chi connectivity index (χ4n) is 2.38. The van der Waals surface area contributed by atoms with Crippen molar-refractivity contribution in [2.45, 2.75) is 52.3 Å². The lowest BCUT2D eigenvalue weighted by Crippen LogP contribution is -2.14. The van der Waals surface area contributed by atoms with Gasteiger partial charge in [0.25, 0.3) is 0 Å². The minimum absolute atomic E-state index is 0.632. The number of hydrogen-bond acceptors (Lipinski definition) is 0. The average Bonchev–Trinajstić information content (AvgIpc) is 2.21. The van der Waals surface area contributed by atoms with Crippen LogP contribution in [0.25, 0.3) is 0 Å². The zero-order valence-corrected chi connectivity index (χ0v) is 12.7. The summed E-state index contributed by atoms with van der Waals surface area (Å²) in [7, 11) is 0. The van der Waals surface area contributed by atoms with Gasteiger partial charge in [0.05, 0.1) is 0 Å². The van der Waals surface area contributed by atoms with Crippen LogP contribution in [0, 0.1) is 26.7 Å². The molecule has 0 N–H and O–H groups in total. The van der Waals surface area contributed by atoms with E-state index < -0.39 is 0 Å². The molecule has 1 aromatic rings. The van der Waals surface area contributed by atoms with Crippen LogP contribution < -0.4 is 0 Å². The van der Waals surface area contributed by atoms with Gasteiger partial charge in [0, 0.05) is 4.83 Å². The predicted octanol–water partition coefficient (Wildman–Crippen LogP) is 4.96. The van der Waals surface area contributed by atoms with Gasteiger partial charge in [-0.25, -0.2) is 0 Å². The minimum Gasteiger partial charge on any atom is -0.0888 e. The molecule has 16 heavy (non-hydrogen) atoms. The van der Waals surface area contributed by atoms with Gasteiger partial charge in [-0.05, 0) is 56.2 Å². The van der Waals surface area contributed by atoms with E-state index in [4.69, 9.17) is 0 Å². The molecule has 1 heteroatoms. The standard InChI is InChI=1S/C15H23Br/c1-6-15(16)13(5)9-14-11(3)7-10(2)8-12(14)4/h7-8,13,15H,6,9H2,1-5H3. The quantitative estimate of drug-likeness (QED) is 0.685. The lowest BCUT2D eigenvalue weighted by atomic mass is 9.90. The number of halogens is 1. The fraction of sp³-hybridized carbons (Fsp3) is 0.600. The van der Waals surface area contributed by atoms with Crippen LogP contribution in [-0.4, -0.2) is 4.83 Å². The lowest BCUT2D eigenvalue weighted by molar-refractivity contribution is 0.543. The second kappa shape index (κ2) is 5.86. The molecule has 0 spiro atoms. The van der Waals surface area contributed by atoms with Gasteiger partial charge in [0.1, 0.15) is 0 Å². The van der Waals surface area contributed by atoms with Crippen molar-refractivity contribution in [2.24, 2.45) is 5.92 Å². The van der Waals surface area contributed by atoms with Crippen molar-refractivity contribution in [2.75, 3.05) is 0 Å². The van der Waals surface area contributed by atoms with E-state index in [-0.39, 0.29) is 0 Å². The molecule has 1 aromatic carbocycles. The molecular formula is C15H23Br. The third kappa shape index (κ3) is 3.35. The van der Waals surface area contributed by atoms with Gasteiger partial charge < -0.3 is 0 Å².